The number of hydrogen-bond donors (Lipinski definition) is 1. The maximum Gasteiger partial charge on any atom is 0.433 e. The molecule has 3 aromatic heterocycles. The van der Waals surface area contributed by atoms with E-state index in [0.29, 0.717) is 30.0 Å². The number of amides is 1. The molecule has 0 radical (unpaired) electrons. The molecule has 10 heteroatoms. The van der Waals surface area contributed by atoms with Crippen molar-refractivity contribution in [3.63, 3.8) is 0 Å². The highest BCUT2D eigenvalue weighted by atomic mass is 19.4. The zero-order valence-corrected chi connectivity index (χ0v) is 15.1. The third-order valence-electron chi connectivity index (χ3n) is 4.70. The minimum absolute atomic E-state index is 0.221. The van der Waals surface area contributed by atoms with E-state index < -0.39 is 11.9 Å². The Kier molecular flexibility index (Phi) is 4.20. The van der Waals surface area contributed by atoms with Gasteiger partial charge < -0.3 is 9.42 Å². The lowest BCUT2D eigenvalue weighted by Crippen LogP contribution is -2.36. The smallest absolute Gasteiger partial charge is 0.361 e. The van der Waals surface area contributed by atoms with Gasteiger partial charge in [-0.15, -0.1) is 0 Å². The lowest BCUT2D eigenvalue weighted by molar-refractivity contribution is -0.141. The summed E-state index contributed by atoms with van der Waals surface area (Å²) in [6.07, 6.45) is -3.95. The number of aromatic amines is 1. The molecule has 7 nitrogen and oxygen atoms in total. The van der Waals surface area contributed by atoms with Gasteiger partial charge in [-0.25, -0.2) is 4.98 Å². The first-order valence-electron chi connectivity index (χ1n) is 8.58. The number of pyridine rings is 1. The summed E-state index contributed by atoms with van der Waals surface area (Å²) in [5.74, 6) is 0.272. The van der Waals surface area contributed by atoms with E-state index in [1.807, 2.05) is 0 Å². The van der Waals surface area contributed by atoms with Crippen molar-refractivity contribution in [2.45, 2.75) is 33.0 Å². The van der Waals surface area contributed by atoms with Crippen molar-refractivity contribution in [1.82, 2.24) is 25.2 Å². The third-order valence-corrected chi connectivity index (χ3v) is 4.70. The Bertz CT molecular complexity index is 1050. The molecule has 0 saturated carbocycles. The van der Waals surface area contributed by atoms with Gasteiger partial charge in [0.05, 0.1) is 12.2 Å². The molecule has 0 aliphatic carbocycles. The second kappa shape index (κ2) is 6.47. The van der Waals surface area contributed by atoms with Crippen LogP contribution in [0.3, 0.4) is 0 Å². The Hall–Kier alpha value is -3.17. The van der Waals surface area contributed by atoms with Gasteiger partial charge in [0.2, 0.25) is 0 Å². The maximum atomic E-state index is 12.9. The standard InChI is InChI=1S/C18H16F3N5O2/c1-9-7-14(25-28-9)17(27)26-6-5-13-12(8-26)16(24-23-13)11-3-4-15(18(19,20)21)22-10(11)2/h3-4,7H,5-6,8H2,1-2H3,(H,23,24). The molecule has 0 atom stereocenters. The van der Waals surface area contributed by atoms with Crippen LogP contribution in [-0.4, -0.2) is 37.7 Å². The summed E-state index contributed by atoms with van der Waals surface area (Å²) in [6.45, 7) is 3.96. The summed E-state index contributed by atoms with van der Waals surface area (Å²) in [7, 11) is 0. The summed E-state index contributed by atoms with van der Waals surface area (Å²) in [6, 6.07) is 3.87. The van der Waals surface area contributed by atoms with Crippen LogP contribution < -0.4 is 0 Å². The summed E-state index contributed by atoms with van der Waals surface area (Å²) >= 11 is 0. The van der Waals surface area contributed by atoms with Crippen LogP contribution in [0.15, 0.2) is 22.7 Å². The van der Waals surface area contributed by atoms with E-state index in [9.17, 15) is 18.0 Å². The molecule has 0 fully saturated rings. The van der Waals surface area contributed by atoms with Gasteiger partial charge in [-0.3, -0.25) is 9.89 Å². The first-order valence-corrected chi connectivity index (χ1v) is 8.58. The predicted molar refractivity (Wildman–Crippen MR) is 91.2 cm³/mol. The number of fused-ring (bicyclic) bond motifs is 1. The molecule has 0 aromatic carbocycles. The molecule has 0 bridgehead atoms. The molecule has 146 valence electrons. The lowest BCUT2D eigenvalue weighted by atomic mass is 9.99. The fourth-order valence-electron chi connectivity index (χ4n) is 3.29. The van der Waals surface area contributed by atoms with Crippen LogP contribution in [0.2, 0.25) is 0 Å². The van der Waals surface area contributed by atoms with E-state index in [1.54, 1.807) is 17.9 Å². The molecule has 28 heavy (non-hydrogen) atoms. The number of hydrogen-bond acceptors (Lipinski definition) is 5. The molecule has 3 aromatic rings. The number of rotatable bonds is 2. The fourth-order valence-corrected chi connectivity index (χ4v) is 3.29. The maximum absolute atomic E-state index is 12.9. The Balaban J connectivity index is 1.65. The van der Waals surface area contributed by atoms with Crippen LogP contribution in [0.25, 0.3) is 11.3 Å². The van der Waals surface area contributed by atoms with Crippen molar-refractivity contribution in [2.75, 3.05) is 6.54 Å². The topological polar surface area (TPSA) is 87.9 Å². The van der Waals surface area contributed by atoms with Crippen LogP contribution in [0.1, 0.15) is 38.9 Å². The number of carbonyl (C=O) groups is 1. The molecule has 1 N–H and O–H groups in total. The van der Waals surface area contributed by atoms with Gasteiger partial charge in [0.15, 0.2) is 5.69 Å². The highest BCUT2D eigenvalue weighted by Gasteiger charge is 2.33. The number of aromatic nitrogens is 4. The molecule has 0 spiro atoms. The Labute approximate surface area is 157 Å². The van der Waals surface area contributed by atoms with E-state index >= 15 is 0 Å². The fraction of sp³-hybridized carbons (Fsp3) is 0.333. The zero-order chi connectivity index (χ0) is 20.1. The van der Waals surface area contributed by atoms with Gasteiger partial charge in [-0.05, 0) is 26.0 Å². The van der Waals surface area contributed by atoms with Crippen LogP contribution in [0, 0.1) is 13.8 Å². The average molecular weight is 391 g/mol. The van der Waals surface area contributed by atoms with Crippen molar-refractivity contribution in [3.8, 4) is 11.3 Å². The van der Waals surface area contributed by atoms with Crippen molar-refractivity contribution >= 4 is 5.91 Å². The summed E-state index contributed by atoms with van der Waals surface area (Å²) in [5, 5.41) is 11.0. The quantitative estimate of drug-likeness (QED) is 0.724. The van der Waals surface area contributed by atoms with Gasteiger partial charge in [0.1, 0.15) is 11.5 Å². The van der Waals surface area contributed by atoms with E-state index in [4.69, 9.17) is 4.52 Å². The van der Waals surface area contributed by atoms with Gasteiger partial charge in [-0.2, -0.15) is 18.3 Å². The number of H-pyrrole nitrogens is 1. The molecule has 0 unspecified atom stereocenters. The Morgan fingerprint density at radius 3 is 2.71 bits per heavy atom. The Morgan fingerprint density at radius 2 is 2.07 bits per heavy atom. The summed E-state index contributed by atoms with van der Waals surface area (Å²) in [4.78, 5) is 17.9. The molecular formula is C18H16F3N5O2. The summed E-state index contributed by atoms with van der Waals surface area (Å²) < 4.78 is 43.6. The Morgan fingerprint density at radius 1 is 1.29 bits per heavy atom. The molecule has 4 heterocycles. The third kappa shape index (κ3) is 3.14. The van der Waals surface area contributed by atoms with Crippen LogP contribution in [0.5, 0.6) is 0 Å². The molecular weight excluding hydrogens is 375 g/mol. The van der Waals surface area contributed by atoms with Crippen LogP contribution in [-0.2, 0) is 19.1 Å². The first-order chi connectivity index (χ1) is 13.2. The molecule has 1 amide bonds. The van der Waals surface area contributed by atoms with Gasteiger partial charge in [-0.1, -0.05) is 5.16 Å². The van der Waals surface area contributed by atoms with Crippen molar-refractivity contribution in [3.05, 3.63) is 52.3 Å². The number of aryl methyl sites for hydroxylation is 2. The number of alkyl halides is 3. The van der Waals surface area contributed by atoms with Crippen molar-refractivity contribution < 1.29 is 22.5 Å². The number of nitrogens with one attached hydrogen (secondary N) is 1. The van der Waals surface area contributed by atoms with E-state index in [0.717, 1.165) is 17.3 Å². The molecule has 1 aliphatic heterocycles. The monoisotopic (exact) mass is 391 g/mol. The lowest BCUT2D eigenvalue weighted by Gasteiger charge is -2.26. The van der Waals surface area contributed by atoms with Crippen LogP contribution >= 0.6 is 0 Å². The second-order valence-electron chi connectivity index (χ2n) is 6.66. The van der Waals surface area contributed by atoms with Crippen LogP contribution in [0.4, 0.5) is 13.2 Å². The van der Waals surface area contributed by atoms with Crippen molar-refractivity contribution in [1.29, 1.82) is 0 Å². The minimum atomic E-state index is -4.51. The first kappa shape index (κ1) is 18.2. The van der Waals surface area contributed by atoms with E-state index in [1.165, 1.54) is 13.0 Å². The van der Waals surface area contributed by atoms with E-state index in [2.05, 4.69) is 20.3 Å². The van der Waals surface area contributed by atoms with Crippen molar-refractivity contribution in [2.24, 2.45) is 0 Å². The highest BCUT2D eigenvalue weighted by molar-refractivity contribution is 5.92. The zero-order valence-electron chi connectivity index (χ0n) is 15.1. The SMILES string of the molecule is Cc1cc(C(=O)N2CCc3[nH]nc(-c4ccc(C(F)(F)F)nc4C)c3C2)no1. The number of nitrogens with zero attached hydrogens (tertiary/aromatic N) is 4. The normalized spacial score (nSPS) is 14.2. The van der Waals surface area contributed by atoms with Gasteiger partial charge in [0, 0.05) is 41.5 Å². The number of carbonyl (C=O) groups excluding carboxylic acids is 1. The largest absolute Gasteiger partial charge is 0.433 e. The molecule has 0 saturated heterocycles. The average Bonchev–Trinajstić information content (AvgIpc) is 3.26. The number of halogens is 3. The predicted octanol–water partition coefficient (Wildman–Crippen LogP) is 3.29. The van der Waals surface area contributed by atoms with Gasteiger partial charge >= 0.3 is 6.18 Å². The minimum Gasteiger partial charge on any atom is -0.361 e. The highest BCUT2D eigenvalue weighted by Crippen LogP contribution is 2.33. The van der Waals surface area contributed by atoms with E-state index in [-0.39, 0.29) is 23.8 Å². The molecule has 4 rings (SSSR count). The second-order valence-corrected chi connectivity index (χ2v) is 6.66. The van der Waals surface area contributed by atoms with Gasteiger partial charge in [0.25, 0.3) is 5.91 Å². The molecule has 1 aliphatic rings. The summed E-state index contributed by atoms with van der Waals surface area (Å²) in [5.41, 5.74) is 2.12.